The number of aliphatic carboxylic acids is 1. The molecule has 1 unspecified atom stereocenters. The fourth-order valence-electron chi connectivity index (χ4n) is 2.29. The average molecular weight is 339 g/mol. The highest BCUT2D eigenvalue weighted by Crippen LogP contribution is 2.39. The van der Waals surface area contributed by atoms with Crippen molar-refractivity contribution in [3.05, 3.63) is 53.7 Å². The van der Waals surface area contributed by atoms with Crippen LogP contribution in [0.4, 0.5) is 13.2 Å². The van der Waals surface area contributed by atoms with Gasteiger partial charge in [-0.05, 0) is 12.2 Å². The van der Waals surface area contributed by atoms with Gasteiger partial charge in [0.15, 0.2) is 0 Å². The first-order valence-electron chi connectivity index (χ1n) is 6.57. The SMILES string of the molecule is CN1C(c2cn[nH]c2)C(C#N)=C2C=CC=CN21.O=C(O)C(F)(F)F. The minimum Gasteiger partial charge on any atom is -0.475 e. The minimum absolute atomic E-state index is 0.0684. The largest absolute Gasteiger partial charge is 0.490 e. The Morgan fingerprint density at radius 2 is 2.12 bits per heavy atom. The number of fused-ring (bicyclic) bond motifs is 1. The smallest absolute Gasteiger partial charge is 0.475 e. The van der Waals surface area contributed by atoms with Crippen LogP contribution in [0.25, 0.3) is 0 Å². The predicted molar refractivity (Wildman–Crippen MR) is 75.5 cm³/mol. The number of carboxylic acid groups (broad SMARTS) is 1. The molecule has 0 amide bonds. The average Bonchev–Trinajstić information content (AvgIpc) is 3.13. The minimum atomic E-state index is -5.08. The Balaban J connectivity index is 0.000000256. The molecule has 2 N–H and O–H groups in total. The maximum atomic E-state index is 10.6. The molecule has 126 valence electrons. The number of hydrogen-bond donors (Lipinski definition) is 2. The van der Waals surface area contributed by atoms with E-state index in [0.717, 1.165) is 16.8 Å². The molecule has 0 spiro atoms. The van der Waals surface area contributed by atoms with Gasteiger partial charge < -0.3 is 5.11 Å². The Morgan fingerprint density at radius 1 is 1.46 bits per heavy atom. The Kier molecular flexibility index (Phi) is 4.75. The number of nitrogens with zero attached hydrogens (tertiary/aromatic N) is 4. The van der Waals surface area contributed by atoms with E-state index in [0.29, 0.717) is 0 Å². The molecule has 0 fully saturated rings. The van der Waals surface area contributed by atoms with Gasteiger partial charge in [0.2, 0.25) is 0 Å². The van der Waals surface area contributed by atoms with Gasteiger partial charge in [0.1, 0.15) is 0 Å². The second-order valence-corrected chi connectivity index (χ2v) is 4.77. The lowest BCUT2D eigenvalue weighted by atomic mass is 10.0. The molecule has 0 saturated heterocycles. The molecule has 7 nitrogen and oxygen atoms in total. The van der Waals surface area contributed by atoms with Crippen molar-refractivity contribution in [2.24, 2.45) is 0 Å². The number of H-pyrrole nitrogens is 1. The Hall–Kier alpha value is -3.06. The molecule has 0 bridgehead atoms. The van der Waals surface area contributed by atoms with Crippen LogP contribution in [0.3, 0.4) is 0 Å². The third-order valence-electron chi connectivity index (χ3n) is 3.30. The van der Waals surface area contributed by atoms with Gasteiger partial charge in [-0.1, -0.05) is 6.08 Å². The van der Waals surface area contributed by atoms with E-state index in [1.165, 1.54) is 0 Å². The van der Waals surface area contributed by atoms with E-state index in [1.54, 1.807) is 6.20 Å². The molecule has 10 heteroatoms. The number of alkyl halides is 3. The number of halogens is 3. The van der Waals surface area contributed by atoms with Crippen molar-refractivity contribution in [2.45, 2.75) is 12.2 Å². The molecule has 0 radical (unpaired) electrons. The molecule has 2 aliphatic rings. The van der Waals surface area contributed by atoms with Crippen molar-refractivity contribution in [1.82, 2.24) is 20.2 Å². The Labute approximate surface area is 134 Å². The normalized spacial score (nSPS) is 19.6. The van der Waals surface area contributed by atoms with E-state index in [1.807, 2.05) is 47.7 Å². The molecule has 3 rings (SSSR count). The predicted octanol–water partition coefficient (Wildman–Crippen LogP) is 2.11. The van der Waals surface area contributed by atoms with Crippen LogP contribution >= 0.6 is 0 Å². The lowest BCUT2D eigenvalue weighted by molar-refractivity contribution is -0.192. The zero-order valence-electron chi connectivity index (χ0n) is 12.3. The summed E-state index contributed by atoms with van der Waals surface area (Å²) in [5.41, 5.74) is 2.67. The second kappa shape index (κ2) is 6.59. The van der Waals surface area contributed by atoms with E-state index in [4.69, 9.17) is 9.90 Å². The monoisotopic (exact) mass is 339 g/mol. The van der Waals surface area contributed by atoms with Gasteiger partial charge in [-0.3, -0.25) is 10.1 Å². The molecule has 24 heavy (non-hydrogen) atoms. The first-order valence-corrected chi connectivity index (χ1v) is 6.57. The fourth-order valence-corrected chi connectivity index (χ4v) is 2.29. The molecule has 1 aromatic heterocycles. The fraction of sp³-hybridized carbons (Fsp3) is 0.214. The molecule has 0 saturated carbocycles. The highest BCUT2D eigenvalue weighted by molar-refractivity contribution is 5.73. The van der Waals surface area contributed by atoms with Crippen LogP contribution in [0.15, 0.2) is 48.1 Å². The lowest BCUT2D eigenvalue weighted by Crippen LogP contribution is -2.32. The Morgan fingerprint density at radius 3 is 2.62 bits per heavy atom. The van der Waals surface area contributed by atoms with Gasteiger partial charge >= 0.3 is 12.1 Å². The molecule has 0 aromatic carbocycles. The van der Waals surface area contributed by atoms with E-state index in [-0.39, 0.29) is 6.04 Å². The molecule has 1 aromatic rings. The van der Waals surface area contributed by atoms with Gasteiger partial charge in [-0.25, -0.2) is 9.80 Å². The summed E-state index contributed by atoms with van der Waals surface area (Å²) in [7, 11) is 1.96. The standard InChI is InChI=1S/C12H11N5.C2HF3O2/c1-16-12(9-7-14-15-8-9)10(6-13)11-4-2-3-5-17(11)16;3-2(4,5)1(6)7/h2-5,7-8,12H,1H3,(H,14,15);(H,6,7). The van der Waals surface area contributed by atoms with Crippen molar-refractivity contribution in [2.75, 3.05) is 7.05 Å². The number of hydrazine groups is 1. The van der Waals surface area contributed by atoms with E-state index in [9.17, 15) is 18.4 Å². The van der Waals surface area contributed by atoms with Crippen molar-refractivity contribution < 1.29 is 23.1 Å². The summed E-state index contributed by atoms with van der Waals surface area (Å²) in [5.74, 6) is -2.76. The van der Waals surface area contributed by atoms with E-state index in [2.05, 4.69) is 16.3 Å². The quantitative estimate of drug-likeness (QED) is 0.813. The van der Waals surface area contributed by atoms with E-state index >= 15 is 0 Å². The summed E-state index contributed by atoms with van der Waals surface area (Å²) in [6, 6.07) is 2.23. The second-order valence-electron chi connectivity index (χ2n) is 4.77. The number of aromatic amines is 1. The molecule has 0 aliphatic carbocycles. The van der Waals surface area contributed by atoms with Crippen molar-refractivity contribution in [1.29, 1.82) is 5.26 Å². The summed E-state index contributed by atoms with van der Waals surface area (Å²) in [6.45, 7) is 0. The van der Waals surface area contributed by atoms with Crippen LogP contribution in [0.2, 0.25) is 0 Å². The van der Waals surface area contributed by atoms with Gasteiger partial charge in [-0.15, -0.1) is 0 Å². The zero-order chi connectivity index (χ0) is 17.9. The van der Waals surface area contributed by atoms with Gasteiger partial charge in [0.25, 0.3) is 0 Å². The zero-order valence-corrected chi connectivity index (χ0v) is 12.3. The van der Waals surface area contributed by atoms with Crippen LogP contribution in [0, 0.1) is 11.3 Å². The highest BCUT2D eigenvalue weighted by Gasteiger charge is 2.38. The molecule has 1 atom stereocenters. The van der Waals surface area contributed by atoms with Gasteiger partial charge in [0.05, 0.1) is 29.6 Å². The van der Waals surface area contributed by atoms with Gasteiger partial charge in [0, 0.05) is 25.0 Å². The summed E-state index contributed by atoms with van der Waals surface area (Å²) in [6.07, 6.45) is 6.29. The Bertz CT molecular complexity index is 743. The van der Waals surface area contributed by atoms with E-state index < -0.39 is 12.1 Å². The number of likely N-dealkylation sites (N-methyl/N-ethyl adjacent to an activating group) is 1. The van der Waals surface area contributed by atoms with Crippen molar-refractivity contribution in [3.63, 3.8) is 0 Å². The number of nitriles is 1. The summed E-state index contributed by atoms with van der Waals surface area (Å²) in [5, 5.41) is 27.2. The maximum absolute atomic E-state index is 10.6. The molecular formula is C14H12F3N5O2. The third kappa shape index (κ3) is 3.31. The maximum Gasteiger partial charge on any atom is 0.490 e. The van der Waals surface area contributed by atoms with Crippen LogP contribution in [-0.2, 0) is 4.79 Å². The van der Waals surface area contributed by atoms with Crippen LogP contribution in [0.5, 0.6) is 0 Å². The van der Waals surface area contributed by atoms with Crippen molar-refractivity contribution >= 4 is 5.97 Å². The lowest BCUT2D eigenvalue weighted by Gasteiger charge is -2.29. The number of rotatable bonds is 1. The molecular weight excluding hydrogens is 327 g/mol. The number of nitrogens with one attached hydrogen (secondary N) is 1. The first-order chi connectivity index (χ1) is 11.3. The molecule has 2 aliphatic heterocycles. The molecule has 3 heterocycles. The first kappa shape index (κ1) is 17.3. The number of carboxylic acids is 1. The van der Waals surface area contributed by atoms with Crippen LogP contribution in [0.1, 0.15) is 11.6 Å². The number of carbonyl (C=O) groups is 1. The topological polar surface area (TPSA) is 96.3 Å². The van der Waals surface area contributed by atoms with Crippen LogP contribution < -0.4 is 0 Å². The van der Waals surface area contributed by atoms with Crippen molar-refractivity contribution in [3.8, 4) is 6.07 Å². The number of allylic oxidation sites excluding steroid dienone is 3. The van der Waals surface area contributed by atoms with Gasteiger partial charge in [-0.2, -0.15) is 23.5 Å². The van der Waals surface area contributed by atoms with Crippen LogP contribution in [-0.4, -0.2) is 44.5 Å². The number of hydrogen-bond acceptors (Lipinski definition) is 5. The summed E-state index contributed by atoms with van der Waals surface area (Å²) >= 11 is 0. The third-order valence-corrected chi connectivity index (χ3v) is 3.30. The number of aromatic nitrogens is 2. The summed E-state index contributed by atoms with van der Waals surface area (Å²) in [4.78, 5) is 8.90. The highest BCUT2D eigenvalue weighted by atomic mass is 19.4. The summed E-state index contributed by atoms with van der Waals surface area (Å²) < 4.78 is 31.7.